The minimum atomic E-state index is -0.625. The van der Waals surface area contributed by atoms with Crippen molar-refractivity contribution in [2.45, 2.75) is 0 Å². The molecule has 22 heavy (non-hydrogen) atoms. The smallest absolute Gasteiger partial charge is 0.258 e. The van der Waals surface area contributed by atoms with E-state index in [1.807, 2.05) is 0 Å². The fraction of sp³-hybridized carbons (Fsp3) is 0.0667. The number of pyridine rings is 2. The average Bonchev–Trinajstić information content (AvgIpc) is 2.47. The molecule has 0 aliphatic rings. The fourth-order valence-electron chi connectivity index (χ4n) is 2.30. The van der Waals surface area contributed by atoms with E-state index >= 15 is 0 Å². The van der Waals surface area contributed by atoms with Gasteiger partial charge in [0.05, 0.1) is 16.2 Å². The SMILES string of the molecule is Cn1c(=O)c(-c2cc(N)c(F)cc2Cl)cc2cnc(Cl)cc21. The molecule has 0 spiro atoms. The summed E-state index contributed by atoms with van der Waals surface area (Å²) in [5.74, 6) is -0.625. The molecule has 0 atom stereocenters. The summed E-state index contributed by atoms with van der Waals surface area (Å²) in [6.45, 7) is 0. The molecule has 2 aromatic heterocycles. The van der Waals surface area contributed by atoms with Crippen molar-refractivity contribution in [3.63, 3.8) is 0 Å². The van der Waals surface area contributed by atoms with Crippen LogP contribution in [0.4, 0.5) is 10.1 Å². The monoisotopic (exact) mass is 337 g/mol. The van der Waals surface area contributed by atoms with Gasteiger partial charge in [0.1, 0.15) is 11.0 Å². The lowest BCUT2D eigenvalue weighted by Crippen LogP contribution is -2.19. The highest BCUT2D eigenvalue weighted by molar-refractivity contribution is 6.33. The molecule has 0 unspecified atom stereocenters. The van der Waals surface area contributed by atoms with Crippen molar-refractivity contribution in [2.75, 3.05) is 5.73 Å². The highest BCUT2D eigenvalue weighted by Crippen LogP contribution is 2.31. The lowest BCUT2D eigenvalue weighted by atomic mass is 10.0. The van der Waals surface area contributed by atoms with Crippen molar-refractivity contribution in [3.05, 3.63) is 56.8 Å². The summed E-state index contributed by atoms with van der Waals surface area (Å²) < 4.78 is 14.9. The maximum atomic E-state index is 13.4. The van der Waals surface area contributed by atoms with E-state index in [9.17, 15) is 9.18 Å². The Bertz CT molecular complexity index is 969. The Balaban J connectivity index is 2.38. The maximum absolute atomic E-state index is 13.4. The van der Waals surface area contributed by atoms with Crippen LogP contribution < -0.4 is 11.3 Å². The van der Waals surface area contributed by atoms with Gasteiger partial charge in [-0.3, -0.25) is 4.79 Å². The van der Waals surface area contributed by atoms with E-state index in [2.05, 4.69) is 4.98 Å². The first kappa shape index (κ1) is 14.8. The second-order valence-corrected chi connectivity index (χ2v) is 5.64. The molecule has 0 saturated carbocycles. The van der Waals surface area contributed by atoms with E-state index in [0.717, 1.165) is 6.07 Å². The van der Waals surface area contributed by atoms with Gasteiger partial charge in [0.25, 0.3) is 5.56 Å². The van der Waals surface area contributed by atoms with Crippen molar-refractivity contribution in [2.24, 2.45) is 7.05 Å². The summed E-state index contributed by atoms with van der Waals surface area (Å²) in [5.41, 5.74) is 6.54. The van der Waals surface area contributed by atoms with Crippen LogP contribution in [-0.2, 0) is 7.05 Å². The average molecular weight is 338 g/mol. The molecule has 4 nitrogen and oxygen atoms in total. The van der Waals surface area contributed by atoms with Crippen molar-refractivity contribution in [3.8, 4) is 11.1 Å². The molecule has 0 bridgehead atoms. The highest BCUT2D eigenvalue weighted by atomic mass is 35.5. The van der Waals surface area contributed by atoms with Crippen molar-refractivity contribution in [1.82, 2.24) is 9.55 Å². The van der Waals surface area contributed by atoms with Gasteiger partial charge in [-0.15, -0.1) is 0 Å². The molecule has 0 amide bonds. The number of nitrogens with zero attached hydrogens (tertiary/aromatic N) is 2. The number of halogens is 3. The van der Waals surface area contributed by atoms with Crippen molar-refractivity contribution >= 4 is 39.8 Å². The standard InChI is InChI=1S/C15H10Cl2FN3O/c1-21-13-5-14(17)20-6-7(13)2-9(15(21)22)8-3-12(19)11(18)4-10(8)16/h2-6H,19H2,1H3. The number of hydrogen-bond donors (Lipinski definition) is 1. The summed E-state index contributed by atoms with van der Waals surface area (Å²) >= 11 is 11.9. The molecule has 3 rings (SSSR count). The Morgan fingerprint density at radius 3 is 2.64 bits per heavy atom. The van der Waals surface area contributed by atoms with E-state index in [1.165, 1.54) is 10.6 Å². The second-order valence-electron chi connectivity index (χ2n) is 4.84. The Labute approximate surface area is 134 Å². The Morgan fingerprint density at radius 2 is 1.91 bits per heavy atom. The molecule has 2 N–H and O–H groups in total. The number of aromatic nitrogens is 2. The third-order valence-electron chi connectivity index (χ3n) is 3.45. The molecule has 7 heteroatoms. The van der Waals surface area contributed by atoms with Gasteiger partial charge in [-0.25, -0.2) is 9.37 Å². The molecule has 2 heterocycles. The summed E-state index contributed by atoms with van der Waals surface area (Å²) in [6.07, 6.45) is 1.56. The molecular weight excluding hydrogens is 328 g/mol. The molecule has 0 radical (unpaired) electrons. The molecule has 3 aromatic rings. The number of nitrogen functional groups attached to an aromatic ring is 1. The number of aryl methyl sites for hydroxylation is 1. The van der Waals surface area contributed by atoms with Gasteiger partial charge in [0.2, 0.25) is 0 Å². The number of benzene rings is 1. The Hall–Kier alpha value is -2.11. The molecule has 112 valence electrons. The van der Waals surface area contributed by atoms with Gasteiger partial charge < -0.3 is 10.3 Å². The molecule has 1 aromatic carbocycles. The van der Waals surface area contributed by atoms with Gasteiger partial charge >= 0.3 is 0 Å². The number of fused-ring (bicyclic) bond motifs is 1. The quantitative estimate of drug-likeness (QED) is 0.544. The molecule has 0 fully saturated rings. The number of rotatable bonds is 1. The van der Waals surface area contributed by atoms with Gasteiger partial charge in [-0.1, -0.05) is 23.2 Å². The van der Waals surface area contributed by atoms with Gasteiger partial charge in [0, 0.05) is 29.8 Å². The zero-order valence-corrected chi connectivity index (χ0v) is 12.9. The third kappa shape index (κ3) is 2.32. The third-order valence-corrected chi connectivity index (χ3v) is 3.97. The minimum absolute atomic E-state index is 0.0734. The first-order chi connectivity index (χ1) is 10.4. The van der Waals surface area contributed by atoms with Crippen LogP contribution in [0.3, 0.4) is 0 Å². The first-order valence-electron chi connectivity index (χ1n) is 6.28. The van der Waals surface area contributed by atoms with Gasteiger partial charge in [-0.2, -0.15) is 0 Å². The van der Waals surface area contributed by atoms with Crippen LogP contribution in [-0.4, -0.2) is 9.55 Å². The zero-order chi connectivity index (χ0) is 16.0. The van der Waals surface area contributed by atoms with E-state index in [1.54, 1.807) is 25.4 Å². The lowest BCUT2D eigenvalue weighted by Gasteiger charge is -2.11. The molecule has 0 aliphatic carbocycles. The molecular formula is C15H10Cl2FN3O. The minimum Gasteiger partial charge on any atom is -0.396 e. The maximum Gasteiger partial charge on any atom is 0.258 e. The van der Waals surface area contributed by atoms with E-state index < -0.39 is 5.82 Å². The number of hydrogen-bond acceptors (Lipinski definition) is 3. The predicted octanol–water partition coefficient (Wildman–Crippen LogP) is 3.63. The van der Waals surface area contributed by atoms with Crippen LogP contribution in [0.25, 0.3) is 22.0 Å². The van der Waals surface area contributed by atoms with Crippen molar-refractivity contribution < 1.29 is 4.39 Å². The van der Waals surface area contributed by atoms with Crippen LogP contribution in [0.5, 0.6) is 0 Å². The van der Waals surface area contributed by atoms with E-state index in [4.69, 9.17) is 28.9 Å². The van der Waals surface area contributed by atoms with Crippen LogP contribution in [0.2, 0.25) is 10.2 Å². The van der Waals surface area contributed by atoms with Crippen molar-refractivity contribution in [1.29, 1.82) is 0 Å². The topological polar surface area (TPSA) is 60.9 Å². The highest BCUT2D eigenvalue weighted by Gasteiger charge is 2.14. The number of nitrogens with two attached hydrogens (primary N) is 1. The molecule has 0 saturated heterocycles. The summed E-state index contributed by atoms with van der Waals surface area (Å²) in [7, 11) is 1.62. The van der Waals surface area contributed by atoms with Gasteiger partial charge in [0.15, 0.2) is 0 Å². The lowest BCUT2D eigenvalue weighted by molar-refractivity contribution is 0.633. The fourth-order valence-corrected chi connectivity index (χ4v) is 2.71. The normalized spacial score (nSPS) is 11.1. The number of anilines is 1. The second kappa shape index (κ2) is 5.26. The van der Waals surface area contributed by atoms with Crippen LogP contribution in [0.15, 0.2) is 35.3 Å². The van der Waals surface area contributed by atoms with Gasteiger partial charge in [-0.05, 0) is 24.3 Å². The van der Waals surface area contributed by atoms with E-state index in [0.29, 0.717) is 27.2 Å². The van der Waals surface area contributed by atoms with Crippen LogP contribution in [0, 0.1) is 5.82 Å². The predicted molar refractivity (Wildman–Crippen MR) is 86.8 cm³/mol. The zero-order valence-electron chi connectivity index (χ0n) is 11.4. The molecule has 0 aliphatic heterocycles. The van der Waals surface area contributed by atoms with E-state index in [-0.39, 0.29) is 16.3 Å². The first-order valence-corrected chi connectivity index (χ1v) is 7.04. The van der Waals surface area contributed by atoms with Crippen LogP contribution in [0.1, 0.15) is 0 Å². The Morgan fingerprint density at radius 1 is 1.18 bits per heavy atom. The Kier molecular flexibility index (Phi) is 3.54. The summed E-state index contributed by atoms with van der Waals surface area (Å²) in [5, 5.41) is 1.12. The summed E-state index contributed by atoms with van der Waals surface area (Å²) in [4.78, 5) is 16.5. The van der Waals surface area contributed by atoms with Crippen LogP contribution >= 0.6 is 23.2 Å². The summed E-state index contributed by atoms with van der Waals surface area (Å²) in [6, 6.07) is 5.68. The largest absolute Gasteiger partial charge is 0.396 e.